The Morgan fingerprint density at radius 1 is 1.39 bits per heavy atom. The fourth-order valence-corrected chi connectivity index (χ4v) is 2.38. The number of rotatable bonds is 6. The zero-order valence-electron chi connectivity index (χ0n) is 12.1. The molecule has 0 saturated carbocycles. The smallest absolute Gasteiger partial charge is 0.142 e. The lowest BCUT2D eigenvalue weighted by Gasteiger charge is -2.41. The van der Waals surface area contributed by atoms with Crippen LogP contribution < -0.4 is 10.5 Å². The Balaban J connectivity index is 3.08. The summed E-state index contributed by atoms with van der Waals surface area (Å²) < 4.78 is 5.35. The molecule has 0 spiro atoms. The molecule has 4 heteroatoms. The number of ether oxygens (including phenoxy) is 1. The standard InChI is InChI=1S/C14H25N3O/c1-6-17(7-2)14(3,4)13(15)12-11(18-5)9-8-10-16-12/h8-10,13H,6-7,15H2,1-5H3. The third-order valence-electron chi connectivity index (χ3n) is 3.65. The second kappa shape index (κ2) is 6.16. The van der Waals surface area contributed by atoms with Crippen LogP contribution in [0.2, 0.25) is 0 Å². The average Bonchev–Trinajstić information content (AvgIpc) is 2.38. The maximum Gasteiger partial charge on any atom is 0.142 e. The maximum atomic E-state index is 6.42. The summed E-state index contributed by atoms with van der Waals surface area (Å²) in [6.45, 7) is 10.5. The fraction of sp³-hybridized carbons (Fsp3) is 0.643. The molecule has 1 atom stereocenters. The Hall–Kier alpha value is -1.13. The summed E-state index contributed by atoms with van der Waals surface area (Å²) in [5, 5.41) is 0. The van der Waals surface area contributed by atoms with Gasteiger partial charge in [0.2, 0.25) is 0 Å². The quantitative estimate of drug-likeness (QED) is 0.842. The molecule has 0 saturated heterocycles. The van der Waals surface area contributed by atoms with E-state index in [2.05, 4.69) is 37.6 Å². The van der Waals surface area contributed by atoms with Crippen LogP contribution in [0.1, 0.15) is 39.4 Å². The zero-order chi connectivity index (χ0) is 13.8. The van der Waals surface area contributed by atoms with Crippen LogP contribution in [0, 0.1) is 0 Å². The first-order valence-electron chi connectivity index (χ1n) is 6.48. The second-order valence-corrected chi connectivity index (χ2v) is 4.89. The minimum Gasteiger partial charge on any atom is -0.495 e. The summed E-state index contributed by atoms with van der Waals surface area (Å²) in [5.74, 6) is 0.755. The van der Waals surface area contributed by atoms with E-state index in [4.69, 9.17) is 10.5 Å². The Bertz CT molecular complexity index is 375. The van der Waals surface area contributed by atoms with Crippen molar-refractivity contribution in [3.8, 4) is 5.75 Å². The SMILES string of the molecule is CCN(CC)C(C)(C)C(N)c1ncccc1OC. The van der Waals surface area contributed by atoms with Crippen molar-refractivity contribution in [2.45, 2.75) is 39.3 Å². The molecule has 0 fully saturated rings. The van der Waals surface area contributed by atoms with Crippen molar-refractivity contribution in [1.29, 1.82) is 0 Å². The summed E-state index contributed by atoms with van der Waals surface area (Å²) in [4.78, 5) is 6.73. The summed E-state index contributed by atoms with van der Waals surface area (Å²) in [6, 6.07) is 3.58. The van der Waals surface area contributed by atoms with E-state index in [0.717, 1.165) is 24.5 Å². The van der Waals surface area contributed by atoms with E-state index in [1.807, 2.05) is 12.1 Å². The van der Waals surface area contributed by atoms with E-state index in [-0.39, 0.29) is 11.6 Å². The van der Waals surface area contributed by atoms with Crippen LogP contribution in [0.3, 0.4) is 0 Å². The van der Waals surface area contributed by atoms with Gasteiger partial charge in [0.05, 0.1) is 13.2 Å². The number of nitrogens with zero attached hydrogens (tertiary/aromatic N) is 2. The first-order chi connectivity index (χ1) is 8.48. The predicted molar refractivity (Wildman–Crippen MR) is 74.7 cm³/mol. The number of pyridine rings is 1. The van der Waals surface area contributed by atoms with Gasteiger partial charge in [-0.05, 0) is 39.1 Å². The Kier molecular flexibility index (Phi) is 5.11. The first kappa shape index (κ1) is 14.9. The van der Waals surface area contributed by atoms with Crippen molar-refractivity contribution in [2.75, 3.05) is 20.2 Å². The molecule has 102 valence electrons. The van der Waals surface area contributed by atoms with Gasteiger partial charge in [-0.3, -0.25) is 9.88 Å². The molecular weight excluding hydrogens is 226 g/mol. The molecule has 18 heavy (non-hydrogen) atoms. The summed E-state index contributed by atoms with van der Waals surface area (Å²) in [7, 11) is 1.65. The monoisotopic (exact) mass is 251 g/mol. The number of methoxy groups -OCH3 is 1. The van der Waals surface area contributed by atoms with Crippen molar-refractivity contribution < 1.29 is 4.74 Å². The Morgan fingerprint density at radius 2 is 2.00 bits per heavy atom. The molecule has 1 heterocycles. The number of likely N-dealkylation sites (N-methyl/N-ethyl adjacent to an activating group) is 1. The van der Waals surface area contributed by atoms with Crippen LogP contribution in [0.4, 0.5) is 0 Å². The lowest BCUT2D eigenvalue weighted by atomic mass is 9.89. The third kappa shape index (κ3) is 2.82. The molecule has 0 aliphatic heterocycles. The number of hydrogen-bond donors (Lipinski definition) is 1. The van der Waals surface area contributed by atoms with Gasteiger partial charge in [0.1, 0.15) is 11.4 Å². The van der Waals surface area contributed by atoms with E-state index in [9.17, 15) is 0 Å². The highest BCUT2D eigenvalue weighted by Crippen LogP contribution is 2.32. The molecule has 1 unspecified atom stereocenters. The molecule has 0 bridgehead atoms. The highest BCUT2D eigenvalue weighted by Gasteiger charge is 2.34. The van der Waals surface area contributed by atoms with Crippen LogP contribution in [0.15, 0.2) is 18.3 Å². The molecule has 0 aliphatic carbocycles. The molecule has 1 aromatic rings. The number of hydrogen-bond acceptors (Lipinski definition) is 4. The van der Waals surface area contributed by atoms with Crippen LogP contribution in [-0.2, 0) is 0 Å². The lowest BCUT2D eigenvalue weighted by molar-refractivity contribution is 0.104. The van der Waals surface area contributed by atoms with E-state index in [1.54, 1.807) is 13.3 Å². The van der Waals surface area contributed by atoms with Gasteiger partial charge in [-0.1, -0.05) is 13.8 Å². The second-order valence-electron chi connectivity index (χ2n) is 4.89. The van der Waals surface area contributed by atoms with Gasteiger partial charge in [-0.2, -0.15) is 0 Å². The molecule has 2 N–H and O–H groups in total. The topological polar surface area (TPSA) is 51.4 Å². The van der Waals surface area contributed by atoms with Gasteiger partial charge in [0.15, 0.2) is 0 Å². The van der Waals surface area contributed by atoms with E-state index >= 15 is 0 Å². The number of aromatic nitrogens is 1. The predicted octanol–water partition coefficient (Wildman–Crippen LogP) is 2.21. The summed E-state index contributed by atoms with van der Waals surface area (Å²) in [6.07, 6.45) is 1.76. The average molecular weight is 251 g/mol. The molecule has 1 rings (SSSR count). The van der Waals surface area contributed by atoms with E-state index in [0.29, 0.717) is 0 Å². The normalized spacial score (nSPS) is 13.7. The number of nitrogens with two attached hydrogens (primary N) is 1. The highest BCUT2D eigenvalue weighted by atomic mass is 16.5. The first-order valence-corrected chi connectivity index (χ1v) is 6.48. The van der Waals surface area contributed by atoms with E-state index < -0.39 is 0 Å². The highest BCUT2D eigenvalue weighted by molar-refractivity contribution is 5.31. The van der Waals surface area contributed by atoms with E-state index in [1.165, 1.54) is 0 Å². The zero-order valence-corrected chi connectivity index (χ0v) is 12.1. The van der Waals surface area contributed by atoms with Crippen molar-refractivity contribution in [2.24, 2.45) is 5.73 Å². The Morgan fingerprint density at radius 3 is 2.50 bits per heavy atom. The van der Waals surface area contributed by atoms with Crippen molar-refractivity contribution in [3.63, 3.8) is 0 Å². The van der Waals surface area contributed by atoms with Gasteiger partial charge in [-0.15, -0.1) is 0 Å². The van der Waals surface area contributed by atoms with Crippen molar-refractivity contribution >= 4 is 0 Å². The van der Waals surface area contributed by atoms with Crippen molar-refractivity contribution in [1.82, 2.24) is 9.88 Å². The molecule has 0 radical (unpaired) electrons. The van der Waals surface area contributed by atoms with Crippen LogP contribution >= 0.6 is 0 Å². The molecule has 1 aromatic heterocycles. The van der Waals surface area contributed by atoms with Crippen LogP contribution in [0.5, 0.6) is 5.75 Å². The Labute approximate surface area is 110 Å². The fourth-order valence-electron chi connectivity index (χ4n) is 2.38. The molecule has 0 aromatic carbocycles. The molecule has 0 amide bonds. The summed E-state index contributed by atoms with van der Waals surface area (Å²) >= 11 is 0. The van der Waals surface area contributed by atoms with Gasteiger partial charge in [0, 0.05) is 11.7 Å². The van der Waals surface area contributed by atoms with Crippen LogP contribution in [0.25, 0.3) is 0 Å². The summed E-state index contributed by atoms with van der Waals surface area (Å²) in [5.41, 5.74) is 7.07. The molecule has 4 nitrogen and oxygen atoms in total. The molecular formula is C14H25N3O. The maximum absolute atomic E-state index is 6.42. The van der Waals surface area contributed by atoms with Gasteiger partial charge >= 0.3 is 0 Å². The minimum atomic E-state index is -0.187. The van der Waals surface area contributed by atoms with Gasteiger partial charge in [0.25, 0.3) is 0 Å². The third-order valence-corrected chi connectivity index (χ3v) is 3.65. The minimum absolute atomic E-state index is 0.162. The van der Waals surface area contributed by atoms with Gasteiger partial charge in [-0.25, -0.2) is 0 Å². The molecule has 0 aliphatic rings. The largest absolute Gasteiger partial charge is 0.495 e. The lowest BCUT2D eigenvalue weighted by Crippen LogP contribution is -2.51. The van der Waals surface area contributed by atoms with Gasteiger partial charge < -0.3 is 10.5 Å². The van der Waals surface area contributed by atoms with Crippen molar-refractivity contribution in [3.05, 3.63) is 24.0 Å². The van der Waals surface area contributed by atoms with Crippen LogP contribution in [-0.4, -0.2) is 35.6 Å².